The summed E-state index contributed by atoms with van der Waals surface area (Å²) in [6.45, 7) is 19.3. The lowest BCUT2D eigenvalue weighted by molar-refractivity contribution is -0.150. The molecule has 0 saturated heterocycles. The zero-order valence-electron chi connectivity index (χ0n) is 94.9. The number of halogens is 1. The van der Waals surface area contributed by atoms with Crippen LogP contribution in [0.5, 0.6) is 0 Å². The van der Waals surface area contributed by atoms with Crippen LogP contribution in [0.15, 0.2) is 44.9 Å². The second kappa shape index (κ2) is 128. The number of carboxylic acids is 1. The van der Waals surface area contributed by atoms with Gasteiger partial charge < -0.3 is 63.6 Å². The zero-order valence-corrected chi connectivity index (χ0v) is 95.7. The minimum atomic E-state index is -0.711. The van der Waals surface area contributed by atoms with Crippen molar-refractivity contribution in [1.82, 2.24) is 14.9 Å². The number of carbonyl (C=O) groups is 6. The standard InChI is InChI=1S/C39H77N3O4.C33H66N2O3.C19H36O3.C15H19NO3.C7H17NO.C6H13NO2.ClH/c1-5-7-9-21-27-36-44-40-33-25-19-15-11-13-17-23-30-38(46-39(43)32-29-35-42(3)4)31-24-18-14-12-16-20-26-34-41-45-37-28-22-10-8-6-2;1-3-5-7-19-25-31-37-34-29-23-17-13-9-11-15-21-27-33(36)28-22-16-12-10-14-18-24-30-35-38-32-26-20-8-6-4-2;20-17-13-9-5-1-3-7-11-15-19(22)16-12-8-4-2-6-10-14-18-21;1-2-3-4-5-8-11-19-16-14(17)12-9-6-7-10-13(12)15(16)18;1-2-3-4-5-6-7-9-8;1-7(2)5-3-4-6(8)9;/h33-34,38H,5-32,35-37H2,1-4H3;29-30,33,36H,3-28,31-32H2,1-2H3;17-19,22H,1-16H2;6-7,9-10H,2-5,8,11H2,1H3;2-8H2,1H3;3-5H2,1-2H3,(H,8,9);1H/b40-33+,41-34+;34-29+,35-30+;;;;;. The first-order chi connectivity index (χ1) is 70.0. The molecular formula is C119H229ClN8O16. The molecule has 0 aromatic heterocycles. The molecule has 0 aliphatic carbocycles. The van der Waals surface area contributed by atoms with Gasteiger partial charge in [0.15, 0.2) is 0 Å². The van der Waals surface area contributed by atoms with Crippen molar-refractivity contribution in [2.45, 2.75) is 586 Å². The number of unbranched alkanes of at least 4 members (excludes halogenated alkanes) is 60. The van der Waals surface area contributed by atoms with E-state index in [2.05, 4.69) is 71.9 Å². The van der Waals surface area contributed by atoms with Crippen LogP contribution in [0.4, 0.5) is 0 Å². The topological polar surface area (TPSA) is 313 Å². The van der Waals surface area contributed by atoms with E-state index in [9.17, 15) is 39.0 Å². The second-order valence-corrected chi connectivity index (χ2v) is 40.3. The first-order valence-corrected chi connectivity index (χ1v) is 59.4. The summed E-state index contributed by atoms with van der Waals surface area (Å²) in [6.07, 6.45) is 104. The minimum absolute atomic E-state index is 0. The van der Waals surface area contributed by atoms with Crippen molar-refractivity contribution in [3.63, 3.8) is 0 Å². The Morgan fingerprint density at radius 2 is 0.562 bits per heavy atom. The Bertz CT molecular complexity index is 2740. The van der Waals surface area contributed by atoms with Gasteiger partial charge in [0.1, 0.15) is 45.1 Å². The molecule has 24 nitrogen and oxygen atoms in total. The van der Waals surface area contributed by atoms with Gasteiger partial charge in [-0.2, -0.15) is 0 Å². The Labute approximate surface area is 890 Å². The molecule has 1 aliphatic rings. The maximum atomic E-state index is 12.5. The first kappa shape index (κ1) is 147. The van der Waals surface area contributed by atoms with Gasteiger partial charge in [-0.1, -0.05) is 382 Å². The number of imide groups is 1. The summed E-state index contributed by atoms with van der Waals surface area (Å²) >= 11 is 0. The van der Waals surface area contributed by atoms with Gasteiger partial charge in [-0.25, -0.2) is 5.90 Å². The van der Waals surface area contributed by atoms with Crippen LogP contribution in [0.2, 0.25) is 0 Å². The number of amides is 2. The van der Waals surface area contributed by atoms with E-state index < -0.39 is 5.97 Å². The zero-order chi connectivity index (χ0) is 105. The Morgan fingerprint density at radius 1 is 0.326 bits per heavy atom. The number of aliphatic carboxylic acids is 1. The van der Waals surface area contributed by atoms with Gasteiger partial charge in [-0.05, 0) is 246 Å². The van der Waals surface area contributed by atoms with Crippen molar-refractivity contribution in [2.24, 2.45) is 26.5 Å². The SMILES string of the molecule is CCCCCCCO/N=C/CCCCCCCCC(CCCCCCCC/C=N/OCCCCCCC)OC(=O)CCCN(C)C.CCCCCCCO/N=C/CCCCCCCCC(O)CCCCCCCC/C=N/OCCCCCCC.CCCCCCCON.CCCCCCCON1C(=O)c2ccccc2C1=O.CN(C)CCCC(=O)O.Cl.O=CCCCCCCCCC(O)CCCCCCCCC=O. The van der Waals surface area contributed by atoms with E-state index in [-0.39, 0.29) is 54.9 Å². The number of oxime groups is 4. The third kappa shape index (κ3) is 122. The molecule has 0 saturated carbocycles. The van der Waals surface area contributed by atoms with Crippen LogP contribution in [0.3, 0.4) is 0 Å². The number of hydrogen-bond acceptors (Lipinski definition) is 22. The van der Waals surface area contributed by atoms with Crippen molar-refractivity contribution < 1.29 is 77.8 Å². The molecule has 0 bridgehead atoms. The Balaban J connectivity index is -0.000000583. The molecule has 0 fully saturated rings. The number of benzene rings is 1. The molecule has 848 valence electrons. The molecule has 2 amide bonds. The lowest BCUT2D eigenvalue weighted by Gasteiger charge is -2.18. The van der Waals surface area contributed by atoms with Gasteiger partial charge in [0.05, 0.1) is 36.5 Å². The molecule has 1 aromatic carbocycles. The van der Waals surface area contributed by atoms with Crippen LogP contribution >= 0.6 is 12.4 Å². The van der Waals surface area contributed by atoms with Gasteiger partial charge in [0.2, 0.25) is 0 Å². The molecule has 144 heavy (non-hydrogen) atoms. The van der Waals surface area contributed by atoms with E-state index in [4.69, 9.17) is 39.9 Å². The van der Waals surface area contributed by atoms with Crippen LogP contribution in [0, 0.1) is 0 Å². The highest BCUT2D eigenvalue weighted by Crippen LogP contribution is 2.25. The Hall–Kier alpha value is -5.47. The fourth-order valence-electron chi connectivity index (χ4n) is 16.4. The summed E-state index contributed by atoms with van der Waals surface area (Å²) in [5.74, 6) is 3.41. The van der Waals surface area contributed by atoms with Crippen molar-refractivity contribution >= 4 is 73.6 Å². The second-order valence-electron chi connectivity index (χ2n) is 40.3. The van der Waals surface area contributed by atoms with E-state index in [1.54, 1.807) is 24.3 Å². The van der Waals surface area contributed by atoms with Crippen molar-refractivity contribution in [2.75, 3.05) is 80.9 Å². The summed E-state index contributed by atoms with van der Waals surface area (Å²) in [4.78, 5) is 102. The molecule has 1 heterocycles. The van der Waals surface area contributed by atoms with Gasteiger partial charge in [0, 0.05) is 50.5 Å². The Kier molecular flexibility index (Phi) is 131. The normalized spacial score (nSPS) is 11.7. The quantitative estimate of drug-likeness (QED) is 0.0118. The number of esters is 1. The van der Waals surface area contributed by atoms with E-state index in [0.29, 0.717) is 43.6 Å². The van der Waals surface area contributed by atoms with E-state index >= 15 is 0 Å². The number of aliphatic hydroxyl groups excluding tert-OH is 2. The fourth-order valence-corrected chi connectivity index (χ4v) is 16.4. The van der Waals surface area contributed by atoms with Gasteiger partial charge >= 0.3 is 11.9 Å². The molecule has 1 aliphatic heterocycles. The first-order valence-electron chi connectivity index (χ1n) is 59.4. The molecule has 5 N–H and O–H groups in total. The molecule has 25 heteroatoms. The number of hydroxylamine groups is 2. The summed E-state index contributed by atoms with van der Waals surface area (Å²) in [7, 11) is 7.96. The van der Waals surface area contributed by atoms with Crippen LogP contribution in [-0.2, 0) is 52.9 Å². The molecular weight excluding hydrogens is 1830 g/mol. The summed E-state index contributed by atoms with van der Waals surface area (Å²) in [6, 6.07) is 6.80. The number of carbonyl (C=O) groups excluding carboxylic acids is 5. The number of aliphatic hydroxyl groups is 2. The van der Waals surface area contributed by atoms with Crippen molar-refractivity contribution in [3.05, 3.63) is 35.4 Å². The maximum absolute atomic E-state index is 12.5. The highest BCUT2D eigenvalue weighted by Gasteiger charge is 2.36. The molecule has 1 aromatic rings. The van der Waals surface area contributed by atoms with E-state index in [1.807, 2.05) is 57.9 Å². The van der Waals surface area contributed by atoms with Gasteiger partial charge in [-0.15, -0.1) is 17.5 Å². The monoisotopic (exact) mass is 2060 g/mol. The number of aldehydes is 2. The summed E-state index contributed by atoms with van der Waals surface area (Å²) in [5, 5.41) is 45.6. The largest absolute Gasteiger partial charge is 0.481 e. The molecule has 0 spiro atoms. The summed E-state index contributed by atoms with van der Waals surface area (Å²) < 4.78 is 5.97. The van der Waals surface area contributed by atoms with Crippen LogP contribution in [-0.4, -0.2) is 191 Å². The van der Waals surface area contributed by atoms with Crippen LogP contribution < -0.4 is 5.90 Å². The highest BCUT2D eigenvalue weighted by molar-refractivity contribution is 6.20. The number of fused-ring (bicyclic) bond motifs is 1. The number of nitrogens with zero attached hydrogens (tertiary/aromatic N) is 7. The predicted molar refractivity (Wildman–Crippen MR) is 609 cm³/mol. The molecule has 0 radical (unpaired) electrons. The third-order valence-corrected chi connectivity index (χ3v) is 25.5. The molecule has 0 unspecified atom stereocenters. The lowest BCUT2D eigenvalue weighted by atomic mass is 10.0. The van der Waals surface area contributed by atoms with Gasteiger partial charge in [0.25, 0.3) is 11.8 Å². The number of ether oxygens (including phenoxy) is 1. The number of hydrogen-bond donors (Lipinski definition) is 4. The van der Waals surface area contributed by atoms with E-state index in [1.165, 1.54) is 327 Å². The smallest absolute Gasteiger partial charge is 0.306 e. The lowest BCUT2D eigenvalue weighted by Crippen LogP contribution is -2.30. The van der Waals surface area contributed by atoms with Crippen molar-refractivity contribution in [3.8, 4) is 0 Å². The average Bonchev–Trinajstić information content (AvgIpc) is 1.64. The highest BCUT2D eigenvalue weighted by atomic mass is 35.5. The molecule has 0 atom stereocenters. The predicted octanol–water partition coefficient (Wildman–Crippen LogP) is 32.8. The average molecular weight is 2060 g/mol. The van der Waals surface area contributed by atoms with Crippen LogP contribution in [0.1, 0.15) is 589 Å². The third-order valence-electron chi connectivity index (χ3n) is 25.5. The number of nitrogens with two attached hydrogens (primary N) is 1. The minimum Gasteiger partial charge on any atom is -0.481 e. The van der Waals surface area contributed by atoms with Crippen molar-refractivity contribution in [1.29, 1.82) is 0 Å². The molecule has 2 rings (SSSR count). The Morgan fingerprint density at radius 3 is 0.826 bits per heavy atom. The van der Waals surface area contributed by atoms with E-state index in [0.717, 1.165) is 231 Å². The van der Waals surface area contributed by atoms with Crippen LogP contribution in [0.25, 0.3) is 0 Å². The van der Waals surface area contributed by atoms with Gasteiger partial charge in [-0.3, -0.25) is 24.0 Å². The number of carboxylic acid groups (broad SMARTS) is 1. The summed E-state index contributed by atoms with van der Waals surface area (Å²) in [5.41, 5.74) is 0.858. The number of rotatable bonds is 104. The fraction of sp³-hybridized carbons (Fsp3) is 0.866. The maximum Gasteiger partial charge on any atom is 0.306 e.